The van der Waals surface area contributed by atoms with Crippen LogP contribution in [0, 0.1) is 0 Å². The molecule has 0 spiro atoms. The average Bonchev–Trinajstić information content (AvgIpc) is 2.42. The molecular formula is C14H19N3O4. The van der Waals surface area contributed by atoms with Crippen molar-refractivity contribution in [1.29, 1.82) is 0 Å². The third-order valence-corrected chi connectivity index (χ3v) is 2.99. The second kappa shape index (κ2) is 7.88. The van der Waals surface area contributed by atoms with Gasteiger partial charge in [0, 0.05) is 18.5 Å². The average molecular weight is 293 g/mol. The van der Waals surface area contributed by atoms with Crippen LogP contribution in [-0.4, -0.2) is 28.9 Å². The Balaban J connectivity index is 2.49. The molecule has 7 heteroatoms. The zero-order valence-electron chi connectivity index (χ0n) is 11.5. The van der Waals surface area contributed by atoms with Gasteiger partial charge in [-0.05, 0) is 24.5 Å². The molecule has 0 radical (unpaired) electrons. The van der Waals surface area contributed by atoms with E-state index >= 15 is 0 Å². The maximum absolute atomic E-state index is 11.8. The molecule has 1 aromatic carbocycles. The zero-order valence-corrected chi connectivity index (χ0v) is 11.5. The number of nitrogens with two attached hydrogens (primary N) is 2. The van der Waals surface area contributed by atoms with Crippen molar-refractivity contribution in [3.05, 3.63) is 29.8 Å². The number of para-hydroxylation sites is 1. The van der Waals surface area contributed by atoms with E-state index in [1.807, 2.05) is 12.1 Å². The Kier molecular flexibility index (Phi) is 6.19. The smallest absolute Gasteiger partial charge is 0.326 e. The van der Waals surface area contributed by atoms with Crippen LogP contribution in [0.25, 0.3) is 0 Å². The minimum atomic E-state index is -1.19. The lowest BCUT2D eigenvalue weighted by atomic mass is 10.1. The number of carbonyl (C=O) groups excluding carboxylic acids is 2. The monoisotopic (exact) mass is 293 g/mol. The van der Waals surface area contributed by atoms with Gasteiger partial charge in [-0.3, -0.25) is 9.59 Å². The Hall–Kier alpha value is -2.57. The highest BCUT2D eigenvalue weighted by Crippen LogP contribution is 2.12. The first-order valence-electron chi connectivity index (χ1n) is 6.54. The molecule has 0 saturated carbocycles. The molecule has 0 aromatic heterocycles. The summed E-state index contributed by atoms with van der Waals surface area (Å²) in [5.41, 5.74) is 12.1. The number of rotatable bonds is 8. The van der Waals surface area contributed by atoms with Crippen molar-refractivity contribution in [3.63, 3.8) is 0 Å². The van der Waals surface area contributed by atoms with Gasteiger partial charge in [0.2, 0.25) is 11.8 Å². The first-order chi connectivity index (χ1) is 9.90. The van der Waals surface area contributed by atoms with E-state index in [0.717, 1.165) is 5.56 Å². The number of carboxylic acids is 1. The van der Waals surface area contributed by atoms with Gasteiger partial charge in [-0.15, -0.1) is 0 Å². The zero-order chi connectivity index (χ0) is 15.8. The minimum Gasteiger partial charge on any atom is -0.480 e. The molecule has 0 saturated heterocycles. The summed E-state index contributed by atoms with van der Waals surface area (Å²) in [6.45, 7) is 0. The van der Waals surface area contributed by atoms with Crippen LogP contribution in [0.1, 0.15) is 24.8 Å². The fourth-order valence-electron chi connectivity index (χ4n) is 1.82. The lowest BCUT2D eigenvalue weighted by Gasteiger charge is -2.14. The van der Waals surface area contributed by atoms with Crippen LogP contribution in [0.4, 0.5) is 5.69 Å². The Morgan fingerprint density at radius 3 is 2.43 bits per heavy atom. The molecule has 7 nitrogen and oxygen atoms in total. The maximum atomic E-state index is 11.8. The fraction of sp³-hybridized carbons (Fsp3) is 0.357. The number of anilines is 1. The Morgan fingerprint density at radius 2 is 1.86 bits per heavy atom. The summed E-state index contributed by atoms with van der Waals surface area (Å²) >= 11 is 0. The molecule has 0 unspecified atom stereocenters. The van der Waals surface area contributed by atoms with Crippen LogP contribution in [0.3, 0.4) is 0 Å². The van der Waals surface area contributed by atoms with Gasteiger partial charge < -0.3 is 21.9 Å². The molecule has 0 heterocycles. The van der Waals surface area contributed by atoms with Gasteiger partial charge in [0.05, 0.1) is 0 Å². The second-order valence-corrected chi connectivity index (χ2v) is 4.66. The van der Waals surface area contributed by atoms with E-state index in [9.17, 15) is 14.4 Å². The minimum absolute atomic E-state index is 0.0239. The van der Waals surface area contributed by atoms with E-state index in [1.165, 1.54) is 0 Å². The second-order valence-electron chi connectivity index (χ2n) is 4.66. The molecule has 0 fully saturated rings. The summed E-state index contributed by atoms with van der Waals surface area (Å²) in [6.07, 6.45) is 0.419. The number of carbonyl (C=O) groups is 3. The van der Waals surface area contributed by atoms with Crippen LogP contribution < -0.4 is 16.8 Å². The predicted molar refractivity (Wildman–Crippen MR) is 77.2 cm³/mol. The molecule has 1 atom stereocenters. The number of hydrogen-bond acceptors (Lipinski definition) is 4. The summed E-state index contributed by atoms with van der Waals surface area (Å²) in [5.74, 6) is -2.20. The van der Waals surface area contributed by atoms with Gasteiger partial charge in [0.25, 0.3) is 0 Å². The van der Waals surface area contributed by atoms with Gasteiger partial charge >= 0.3 is 5.97 Å². The van der Waals surface area contributed by atoms with Gasteiger partial charge in [-0.25, -0.2) is 4.79 Å². The number of amides is 2. The van der Waals surface area contributed by atoms with Crippen LogP contribution in [0.5, 0.6) is 0 Å². The standard InChI is InChI=1S/C14H19N3O4/c15-10-4-2-1-3-9(10)5-8-13(19)17-11(14(20)21)6-7-12(16)18/h1-4,11H,5-8,15H2,(H2,16,18)(H,17,19)(H,20,21)/t11-/m0/s1. The largest absolute Gasteiger partial charge is 0.480 e. The fourth-order valence-corrected chi connectivity index (χ4v) is 1.82. The summed E-state index contributed by atoms with van der Waals surface area (Å²) in [6, 6.07) is 6.04. The third-order valence-electron chi connectivity index (χ3n) is 2.99. The highest BCUT2D eigenvalue weighted by atomic mass is 16.4. The van der Waals surface area contributed by atoms with Crippen LogP contribution >= 0.6 is 0 Å². The first kappa shape index (κ1) is 16.5. The number of aryl methyl sites for hydroxylation is 1. The van der Waals surface area contributed by atoms with Crippen molar-refractivity contribution in [2.45, 2.75) is 31.7 Å². The van der Waals surface area contributed by atoms with E-state index in [1.54, 1.807) is 12.1 Å². The van der Waals surface area contributed by atoms with Crippen molar-refractivity contribution >= 4 is 23.5 Å². The number of aliphatic carboxylic acids is 1. The Labute approximate surface area is 122 Å². The van der Waals surface area contributed by atoms with E-state index in [0.29, 0.717) is 12.1 Å². The third kappa shape index (κ3) is 5.94. The normalized spacial score (nSPS) is 11.6. The Bertz CT molecular complexity index is 531. The number of nitrogen functional groups attached to an aromatic ring is 1. The molecule has 1 aromatic rings. The number of primary amides is 1. The van der Waals surface area contributed by atoms with Crippen molar-refractivity contribution in [3.8, 4) is 0 Å². The number of benzene rings is 1. The summed E-state index contributed by atoms with van der Waals surface area (Å²) in [7, 11) is 0. The first-order valence-corrected chi connectivity index (χ1v) is 6.54. The van der Waals surface area contributed by atoms with Gasteiger partial charge in [-0.2, -0.15) is 0 Å². The molecule has 1 rings (SSSR count). The van der Waals surface area contributed by atoms with Crippen molar-refractivity contribution in [2.24, 2.45) is 5.73 Å². The van der Waals surface area contributed by atoms with Gasteiger partial charge in [0.1, 0.15) is 6.04 Å². The topological polar surface area (TPSA) is 136 Å². The quantitative estimate of drug-likeness (QED) is 0.502. The van der Waals surface area contributed by atoms with E-state index in [2.05, 4.69) is 5.32 Å². The van der Waals surface area contributed by atoms with Gasteiger partial charge in [0.15, 0.2) is 0 Å². The van der Waals surface area contributed by atoms with Crippen LogP contribution in [0.2, 0.25) is 0 Å². The number of nitrogens with one attached hydrogen (secondary N) is 1. The molecule has 114 valence electrons. The molecule has 0 aliphatic carbocycles. The van der Waals surface area contributed by atoms with E-state index < -0.39 is 23.8 Å². The molecule has 0 bridgehead atoms. The lowest BCUT2D eigenvalue weighted by molar-refractivity contribution is -0.142. The lowest BCUT2D eigenvalue weighted by Crippen LogP contribution is -2.41. The molecule has 2 amide bonds. The van der Waals surface area contributed by atoms with E-state index in [4.69, 9.17) is 16.6 Å². The molecule has 0 aliphatic rings. The van der Waals surface area contributed by atoms with Crippen molar-refractivity contribution in [2.75, 3.05) is 5.73 Å². The number of carboxylic acid groups (broad SMARTS) is 1. The molecule has 0 aliphatic heterocycles. The summed E-state index contributed by atoms with van der Waals surface area (Å²) in [5, 5.41) is 11.4. The van der Waals surface area contributed by atoms with Gasteiger partial charge in [-0.1, -0.05) is 18.2 Å². The summed E-state index contributed by atoms with van der Waals surface area (Å²) < 4.78 is 0. The molecule has 21 heavy (non-hydrogen) atoms. The van der Waals surface area contributed by atoms with Crippen LogP contribution in [0.15, 0.2) is 24.3 Å². The Morgan fingerprint density at radius 1 is 1.19 bits per heavy atom. The molecule has 6 N–H and O–H groups in total. The van der Waals surface area contributed by atoms with Crippen LogP contribution in [-0.2, 0) is 20.8 Å². The highest BCUT2D eigenvalue weighted by Gasteiger charge is 2.20. The van der Waals surface area contributed by atoms with Crippen molar-refractivity contribution in [1.82, 2.24) is 5.32 Å². The molecular weight excluding hydrogens is 274 g/mol. The maximum Gasteiger partial charge on any atom is 0.326 e. The SMILES string of the molecule is NC(=O)CC[C@H](NC(=O)CCc1ccccc1N)C(=O)O. The highest BCUT2D eigenvalue weighted by molar-refractivity contribution is 5.84. The predicted octanol–water partition coefficient (Wildman–Crippen LogP) is 0.0363. The summed E-state index contributed by atoms with van der Waals surface area (Å²) in [4.78, 5) is 33.4. The van der Waals surface area contributed by atoms with E-state index in [-0.39, 0.29) is 19.3 Å². The number of hydrogen-bond donors (Lipinski definition) is 4. The van der Waals surface area contributed by atoms with Crippen molar-refractivity contribution < 1.29 is 19.5 Å².